The molecule has 4 heteroatoms. The second-order valence-corrected chi connectivity index (χ2v) is 4.89. The summed E-state index contributed by atoms with van der Waals surface area (Å²) in [6.45, 7) is 1.92. The van der Waals surface area contributed by atoms with Crippen molar-refractivity contribution >= 4 is 10.0 Å². The lowest BCUT2D eigenvalue weighted by molar-refractivity contribution is 0.573. The second-order valence-electron chi connectivity index (χ2n) is 3.23. The van der Waals surface area contributed by atoms with Crippen molar-refractivity contribution in [3.05, 3.63) is 35.9 Å². The Morgan fingerprint density at radius 2 is 1.86 bits per heavy atom. The van der Waals surface area contributed by atoms with Crippen LogP contribution in [0.1, 0.15) is 30.6 Å². The molecule has 0 amide bonds. The standard InChI is InChI=1S/C10H14NO2S/c1-2-6-10(14(11,12)13)9-7-4-3-5-8-9/h3-5,7-8,10-11H,2,6H2,1H3. The third-order valence-electron chi connectivity index (χ3n) is 2.10. The van der Waals surface area contributed by atoms with Crippen LogP contribution >= 0.6 is 0 Å². The third kappa shape index (κ3) is 2.82. The summed E-state index contributed by atoms with van der Waals surface area (Å²) >= 11 is 0. The van der Waals surface area contributed by atoms with E-state index in [1.807, 2.05) is 13.0 Å². The van der Waals surface area contributed by atoms with E-state index in [0.29, 0.717) is 12.0 Å². The van der Waals surface area contributed by atoms with Gasteiger partial charge in [-0.1, -0.05) is 43.7 Å². The molecule has 0 spiro atoms. The van der Waals surface area contributed by atoms with Crippen molar-refractivity contribution in [1.82, 2.24) is 5.14 Å². The monoisotopic (exact) mass is 212 g/mol. The molecule has 77 valence electrons. The predicted octanol–water partition coefficient (Wildman–Crippen LogP) is 2.14. The van der Waals surface area contributed by atoms with Gasteiger partial charge in [-0.05, 0) is 12.0 Å². The molecule has 0 fully saturated rings. The van der Waals surface area contributed by atoms with Gasteiger partial charge in [-0.25, -0.2) is 8.42 Å². The van der Waals surface area contributed by atoms with Gasteiger partial charge < -0.3 is 0 Å². The van der Waals surface area contributed by atoms with Crippen LogP contribution in [0.15, 0.2) is 30.3 Å². The molecule has 1 atom stereocenters. The summed E-state index contributed by atoms with van der Waals surface area (Å²) < 4.78 is 22.4. The fourth-order valence-corrected chi connectivity index (χ4v) is 2.49. The molecule has 0 heterocycles. The maximum atomic E-state index is 11.2. The van der Waals surface area contributed by atoms with Gasteiger partial charge in [0.25, 0.3) is 0 Å². The first-order valence-electron chi connectivity index (χ1n) is 4.59. The molecule has 14 heavy (non-hydrogen) atoms. The Morgan fingerprint density at radius 1 is 1.29 bits per heavy atom. The quantitative estimate of drug-likeness (QED) is 0.767. The number of sulfonamides is 1. The predicted molar refractivity (Wildman–Crippen MR) is 56.1 cm³/mol. The van der Waals surface area contributed by atoms with Crippen LogP contribution in [0, 0.1) is 0 Å². The Bertz CT molecular complexity index is 372. The van der Waals surface area contributed by atoms with E-state index in [4.69, 9.17) is 5.14 Å². The normalized spacial score (nSPS) is 13.9. The molecule has 1 radical (unpaired) electrons. The SMILES string of the molecule is CCCC(c1ccccc1)S([NH])(=O)=O. The molecule has 0 aliphatic carbocycles. The van der Waals surface area contributed by atoms with Crippen molar-refractivity contribution in [2.45, 2.75) is 25.0 Å². The summed E-state index contributed by atoms with van der Waals surface area (Å²) in [4.78, 5) is 0. The number of hydrogen-bond donors (Lipinski definition) is 0. The van der Waals surface area contributed by atoms with E-state index in [1.165, 1.54) is 0 Å². The lowest BCUT2D eigenvalue weighted by atomic mass is 10.1. The molecule has 1 aromatic carbocycles. The number of nitrogens with one attached hydrogen (secondary N) is 1. The Morgan fingerprint density at radius 3 is 2.29 bits per heavy atom. The van der Waals surface area contributed by atoms with Crippen molar-refractivity contribution in [2.24, 2.45) is 0 Å². The van der Waals surface area contributed by atoms with E-state index in [1.54, 1.807) is 24.3 Å². The molecule has 0 saturated heterocycles. The molecule has 1 unspecified atom stereocenters. The highest BCUT2D eigenvalue weighted by Crippen LogP contribution is 2.25. The lowest BCUT2D eigenvalue weighted by Crippen LogP contribution is -2.13. The first-order chi connectivity index (χ1) is 6.55. The summed E-state index contributed by atoms with van der Waals surface area (Å²) in [5.74, 6) is 0. The topological polar surface area (TPSA) is 57.9 Å². The van der Waals surface area contributed by atoms with Gasteiger partial charge in [0.2, 0.25) is 10.0 Å². The van der Waals surface area contributed by atoms with Crippen LogP contribution in [0.2, 0.25) is 0 Å². The Labute approximate surface area is 85.0 Å². The van der Waals surface area contributed by atoms with Crippen LogP contribution in [0.4, 0.5) is 0 Å². The number of rotatable bonds is 4. The lowest BCUT2D eigenvalue weighted by Gasteiger charge is -2.12. The molecule has 0 aliphatic heterocycles. The first-order valence-corrected chi connectivity index (χ1v) is 6.13. The highest BCUT2D eigenvalue weighted by atomic mass is 32.2. The third-order valence-corrected chi connectivity index (χ3v) is 3.35. The second kappa shape index (κ2) is 4.57. The van der Waals surface area contributed by atoms with E-state index in [9.17, 15) is 8.42 Å². The molecule has 0 aliphatic rings. The summed E-state index contributed by atoms with van der Waals surface area (Å²) in [6, 6.07) is 8.94. The summed E-state index contributed by atoms with van der Waals surface area (Å²) in [5, 5.41) is 6.43. The van der Waals surface area contributed by atoms with Crippen molar-refractivity contribution in [1.29, 1.82) is 0 Å². The smallest absolute Gasteiger partial charge is 0.211 e. The van der Waals surface area contributed by atoms with Gasteiger partial charge in [-0.15, -0.1) is 5.14 Å². The first kappa shape index (κ1) is 11.2. The molecule has 1 aromatic rings. The zero-order valence-corrected chi connectivity index (χ0v) is 8.92. The molecule has 0 bridgehead atoms. The van der Waals surface area contributed by atoms with Crippen LogP contribution in [0.5, 0.6) is 0 Å². The van der Waals surface area contributed by atoms with Gasteiger partial charge in [-0.2, -0.15) is 0 Å². The van der Waals surface area contributed by atoms with Gasteiger partial charge in [0, 0.05) is 0 Å². The molecule has 1 N–H and O–H groups in total. The summed E-state index contributed by atoms with van der Waals surface area (Å²) in [7, 11) is -3.73. The average molecular weight is 212 g/mol. The van der Waals surface area contributed by atoms with Gasteiger partial charge in [0.1, 0.15) is 5.25 Å². The Kier molecular flexibility index (Phi) is 3.66. The Hall–Kier alpha value is -0.870. The molecule has 1 rings (SSSR count). The van der Waals surface area contributed by atoms with Crippen LogP contribution in [0.25, 0.3) is 0 Å². The van der Waals surface area contributed by atoms with Crippen molar-refractivity contribution in [2.75, 3.05) is 0 Å². The zero-order chi connectivity index (χ0) is 10.6. The van der Waals surface area contributed by atoms with E-state index >= 15 is 0 Å². The molecular formula is C10H14NO2S. The molecular weight excluding hydrogens is 198 g/mol. The molecule has 0 saturated carbocycles. The van der Waals surface area contributed by atoms with Crippen LogP contribution in [-0.2, 0) is 10.0 Å². The highest BCUT2D eigenvalue weighted by molar-refractivity contribution is 7.89. The van der Waals surface area contributed by atoms with Crippen molar-refractivity contribution < 1.29 is 8.42 Å². The van der Waals surface area contributed by atoms with Crippen LogP contribution in [0.3, 0.4) is 0 Å². The van der Waals surface area contributed by atoms with Gasteiger partial charge >= 0.3 is 0 Å². The van der Waals surface area contributed by atoms with E-state index in [2.05, 4.69) is 0 Å². The minimum Gasteiger partial charge on any atom is -0.211 e. The minimum absolute atomic E-state index is 0.510. The Balaban J connectivity index is 3.02. The highest BCUT2D eigenvalue weighted by Gasteiger charge is 2.22. The molecule has 0 aromatic heterocycles. The van der Waals surface area contributed by atoms with Crippen molar-refractivity contribution in [3.8, 4) is 0 Å². The van der Waals surface area contributed by atoms with E-state index in [0.717, 1.165) is 6.42 Å². The van der Waals surface area contributed by atoms with Gasteiger partial charge in [0.15, 0.2) is 0 Å². The summed E-state index contributed by atoms with van der Waals surface area (Å²) in [5.41, 5.74) is 0.712. The van der Waals surface area contributed by atoms with Crippen molar-refractivity contribution in [3.63, 3.8) is 0 Å². The fraction of sp³-hybridized carbons (Fsp3) is 0.400. The zero-order valence-electron chi connectivity index (χ0n) is 8.10. The number of benzene rings is 1. The molecule has 3 nitrogen and oxygen atoms in total. The van der Waals surface area contributed by atoms with E-state index in [-0.39, 0.29) is 0 Å². The fourth-order valence-electron chi connectivity index (χ4n) is 1.43. The van der Waals surface area contributed by atoms with Gasteiger partial charge in [0.05, 0.1) is 0 Å². The number of hydrogen-bond acceptors (Lipinski definition) is 2. The van der Waals surface area contributed by atoms with E-state index < -0.39 is 15.3 Å². The largest absolute Gasteiger partial charge is 0.232 e. The van der Waals surface area contributed by atoms with Gasteiger partial charge in [-0.3, -0.25) is 0 Å². The average Bonchev–Trinajstić information content (AvgIpc) is 2.14. The van der Waals surface area contributed by atoms with Crippen LogP contribution < -0.4 is 5.14 Å². The summed E-state index contributed by atoms with van der Waals surface area (Å²) in [6.07, 6.45) is 1.27. The van der Waals surface area contributed by atoms with Crippen LogP contribution in [-0.4, -0.2) is 8.42 Å². The maximum absolute atomic E-state index is 11.2. The minimum atomic E-state index is -3.73. The maximum Gasteiger partial charge on any atom is 0.232 e.